The number of carbonyl (C=O) groups is 1. The maximum absolute atomic E-state index is 11.3. The van der Waals surface area contributed by atoms with Crippen molar-refractivity contribution in [3.05, 3.63) is 29.8 Å². The van der Waals surface area contributed by atoms with Gasteiger partial charge in [0, 0.05) is 11.7 Å². The van der Waals surface area contributed by atoms with Gasteiger partial charge in [-0.05, 0) is 30.4 Å². The molecule has 1 aromatic carbocycles. The Morgan fingerprint density at radius 2 is 2.00 bits per heavy atom. The highest BCUT2D eigenvalue weighted by molar-refractivity contribution is 5.74. The van der Waals surface area contributed by atoms with E-state index in [-0.39, 0.29) is 11.9 Å². The van der Waals surface area contributed by atoms with Crippen LogP contribution in [-0.4, -0.2) is 19.1 Å². The monoisotopic (exact) mass is 247 g/mol. The van der Waals surface area contributed by atoms with E-state index >= 15 is 0 Å². The summed E-state index contributed by atoms with van der Waals surface area (Å²) in [5, 5.41) is 3.53. The molecule has 0 amide bonds. The topological polar surface area (TPSA) is 38.3 Å². The molecule has 0 aliphatic heterocycles. The molecular weight excluding hydrogens is 226 g/mol. The Kier molecular flexibility index (Phi) is 3.90. The number of ether oxygens (including phenoxy) is 1. The minimum atomic E-state index is -0.0785. The lowest BCUT2D eigenvalue weighted by molar-refractivity contribution is -0.148. The van der Waals surface area contributed by atoms with Crippen molar-refractivity contribution < 1.29 is 9.53 Å². The van der Waals surface area contributed by atoms with E-state index in [1.165, 1.54) is 18.4 Å². The molecule has 2 rings (SSSR count). The Morgan fingerprint density at radius 3 is 2.61 bits per heavy atom. The third-order valence-electron chi connectivity index (χ3n) is 3.62. The number of rotatable bonds is 4. The van der Waals surface area contributed by atoms with Crippen LogP contribution in [0.15, 0.2) is 24.3 Å². The summed E-state index contributed by atoms with van der Waals surface area (Å²) in [7, 11) is 1.46. The third kappa shape index (κ3) is 2.66. The zero-order chi connectivity index (χ0) is 13.1. The van der Waals surface area contributed by atoms with Gasteiger partial charge in [-0.25, -0.2) is 0 Å². The summed E-state index contributed by atoms with van der Waals surface area (Å²) in [6.45, 7) is 4.39. The molecule has 18 heavy (non-hydrogen) atoms. The normalized spacial score (nSPS) is 22.4. The van der Waals surface area contributed by atoms with Crippen molar-refractivity contribution in [1.82, 2.24) is 0 Å². The summed E-state index contributed by atoms with van der Waals surface area (Å²) < 4.78 is 4.75. The van der Waals surface area contributed by atoms with Gasteiger partial charge >= 0.3 is 5.97 Å². The Morgan fingerprint density at radius 1 is 1.33 bits per heavy atom. The summed E-state index contributed by atoms with van der Waals surface area (Å²) in [5.41, 5.74) is 2.53. The lowest BCUT2D eigenvalue weighted by Gasteiger charge is -2.35. The van der Waals surface area contributed by atoms with Crippen LogP contribution in [0.4, 0.5) is 5.69 Å². The Bertz CT molecular complexity index is 422. The second-order valence-corrected chi connectivity index (χ2v) is 5.27. The smallest absolute Gasteiger partial charge is 0.308 e. The molecule has 1 aliphatic carbocycles. The first-order valence-corrected chi connectivity index (χ1v) is 6.55. The summed E-state index contributed by atoms with van der Waals surface area (Å²) >= 11 is 0. The van der Waals surface area contributed by atoms with Gasteiger partial charge in [0.2, 0.25) is 0 Å². The molecule has 0 radical (unpaired) electrons. The Hall–Kier alpha value is -1.51. The lowest BCUT2D eigenvalue weighted by Crippen LogP contribution is -2.40. The van der Waals surface area contributed by atoms with E-state index in [0.29, 0.717) is 12.0 Å². The molecular formula is C15H21NO2. The number of nitrogens with one attached hydrogen (secondary N) is 1. The average molecular weight is 247 g/mol. The van der Waals surface area contributed by atoms with Crippen LogP contribution in [0.3, 0.4) is 0 Å². The summed E-state index contributed by atoms with van der Waals surface area (Å²) in [4.78, 5) is 11.3. The fraction of sp³-hybridized carbons (Fsp3) is 0.533. The average Bonchev–Trinajstić information content (AvgIpc) is 2.32. The molecule has 1 saturated carbocycles. The molecule has 0 aromatic heterocycles. The molecule has 0 spiro atoms. The van der Waals surface area contributed by atoms with Crippen LogP contribution in [-0.2, 0) is 9.53 Å². The van der Waals surface area contributed by atoms with Crippen LogP contribution in [0.2, 0.25) is 0 Å². The maximum atomic E-state index is 11.3. The number of hydrogen-bond acceptors (Lipinski definition) is 3. The predicted molar refractivity (Wildman–Crippen MR) is 72.7 cm³/mol. The highest BCUT2D eigenvalue weighted by atomic mass is 16.5. The highest BCUT2D eigenvalue weighted by Crippen LogP contribution is 2.33. The van der Waals surface area contributed by atoms with E-state index in [1.807, 2.05) is 6.07 Å². The number of hydrogen-bond donors (Lipinski definition) is 1. The number of benzene rings is 1. The Labute approximate surface area is 109 Å². The molecule has 0 heterocycles. The molecule has 1 aliphatic rings. The Balaban J connectivity index is 1.94. The number of methoxy groups -OCH3 is 1. The van der Waals surface area contributed by atoms with E-state index in [9.17, 15) is 4.79 Å². The molecule has 0 atom stereocenters. The standard InChI is InChI=1S/C15H21NO2/c1-10(2)13-6-4-5-7-14(13)16-12-8-11(9-12)15(17)18-3/h4-7,10-12,16H,8-9H2,1-3H3/t11-,12-. The van der Waals surface area contributed by atoms with Gasteiger partial charge in [-0.2, -0.15) is 0 Å². The maximum Gasteiger partial charge on any atom is 0.308 e. The van der Waals surface area contributed by atoms with Crippen LogP contribution >= 0.6 is 0 Å². The van der Waals surface area contributed by atoms with Gasteiger partial charge in [0.25, 0.3) is 0 Å². The first kappa shape index (κ1) is 12.9. The molecule has 0 saturated heterocycles. The largest absolute Gasteiger partial charge is 0.469 e. The molecule has 1 aromatic rings. The molecule has 3 heteroatoms. The molecule has 0 bridgehead atoms. The van der Waals surface area contributed by atoms with Crippen molar-refractivity contribution in [1.29, 1.82) is 0 Å². The second kappa shape index (κ2) is 5.42. The van der Waals surface area contributed by atoms with Crippen molar-refractivity contribution in [2.24, 2.45) is 5.92 Å². The lowest BCUT2D eigenvalue weighted by atomic mass is 9.80. The summed E-state index contributed by atoms with van der Waals surface area (Å²) in [6.07, 6.45) is 1.75. The van der Waals surface area contributed by atoms with Crippen molar-refractivity contribution in [2.75, 3.05) is 12.4 Å². The van der Waals surface area contributed by atoms with E-state index < -0.39 is 0 Å². The molecule has 3 nitrogen and oxygen atoms in total. The zero-order valence-corrected chi connectivity index (χ0v) is 11.3. The SMILES string of the molecule is COC(=O)[C@H]1C[C@H](Nc2ccccc2C(C)C)C1. The highest BCUT2D eigenvalue weighted by Gasteiger charge is 2.35. The molecule has 1 N–H and O–H groups in total. The van der Waals surface area contributed by atoms with Gasteiger partial charge in [0.1, 0.15) is 0 Å². The van der Waals surface area contributed by atoms with Gasteiger partial charge in [-0.1, -0.05) is 32.0 Å². The van der Waals surface area contributed by atoms with Gasteiger partial charge in [0.15, 0.2) is 0 Å². The number of carbonyl (C=O) groups excluding carboxylic acids is 1. The molecule has 98 valence electrons. The van der Waals surface area contributed by atoms with Crippen LogP contribution < -0.4 is 5.32 Å². The van der Waals surface area contributed by atoms with E-state index in [1.54, 1.807) is 0 Å². The predicted octanol–water partition coefficient (Wildman–Crippen LogP) is 3.17. The second-order valence-electron chi connectivity index (χ2n) is 5.27. The van der Waals surface area contributed by atoms with Crippen molar-refractivity contribution >= 4 is 11.7 Å². The van der Waals surface area contributed by atoms with E-state index in [4.69, 9.17) is 4.74 Å². The van der Waals surface area contributed by atoms with Crippen LogP contribution in [0.1, 0.15) is 38.2 Å². The summed E-state index contributed by atoms with van der Waals surface area (Å²) in [5.74, 6) is 0.508. The number of para-hydroxylation sites is 1. The van der Waals surface area contributed by atoms with Gasteiger partial charge in [-0.3, -0.25) is 4.79 Å². The summed E-state index contributed by atoms with van der Waals surface area (Å²) in [6, 6.07) is 8.78. The molecule has 0 unspecified atom stereocenters. The first-order valence-electron chi connectivity index (χ1n) is 6.55. The minimum Gasteiger partial charge on any atom is -0.469 e. The third-order valence-corrected chi connectivity index (χ3v) is 3.62. The van der Waals surface area contributed by atoms with Crippen LogP contribution in [0, 0.1) is 5.92 Å². The number of anilines is 1. The van der Waals surface area contributed by atoms with Gasteiger partial charge < -0.3 is 10.1 Å². The van der Waals surface area contributed by atoms with Crippen molar-refractivity contribution in [3.63, 3.8) is 0 Å². The van der Waals surface area contributed by atoms with Crippen LogP contribution in [0.5, 0.6) is 0 Å². The zero-order valence-electron chi connectivity index (χ0n) is 11.3. The number of esters is 1. The van der Waals surface area contributed by atoms with Crippen molar-refractivity contribution in [3.8, 4) is 0 Å². The first-order chi connectivity index (χ1) is 8.61. The fourth-order valence-corrected chi connectivity index (χ4v) is 2.45. The van der Waals surface area contributed by atoms with Crippen LogP contribution in [0.25, 0.3) is 0 Å². The molecule has 1 fully saturated rings. The van der Waals surface area contributed by atoms with E-state index in [2.05, 4.69) is 37.4 Å². The van der Waals surface area contributed by atoms with E-state index in [0.717, 1.165) is 12.8 Å². The van der Waals surface area contributed by atoms with Gasteiger partial charge in [0.05, 0.1) is 13.0 Å². The minimum absolute atomic E-state index is 0.0785. The quantitative estimate of drug-likeness (QED) is 0.830. The van der Waals surface area contributed by atoms with Gasteiger partial charge in [-0.15, -0.1) is 0 Å². The fourth-order valence-electron chi connectivity index (χ4n) is 2.45. The van der Waals surface area contributed by atoms with Crippen molar-refractivity contribution in [2.45, 2.75) is 38.6 Å².